The Labute approximate surface area is 101 Å². The van der Waals surface area contributed by atoms with Crippen LogP contribution >= 0.6 is 0 Å². The topological polar surface area (TPSA) is 21.3 Å². The van der Waals surface area contributed by atoms with E-state index in [1.807, 2.05) is 0 Å². The second-order valence-corrected chi connectivity index (χ2v) is 5.88. The van der Waals surface area contributed by atoms with Gasteiger partial charge in [-0.25, -0.2) is 0 Å². The number of ether oxygens (including phenoxy) is 1. The minimum absolute atomic E-state index is 0.0432. The van der Waals surface area contributed by atoms with Gasteiger partial charge in [0, 0.05) is 12.6 Å². The Balaban J connectivity index is 2.06. The van der Waals surface area contributed by atoms with Crippen LogP contribution in [-0.4, -0.2) is 24.8 Å². The second kappa shape index (κ2) is 6.61. The first kappa shape index (κ1) is 14.0. The molecule has 0 bridgehead atoms. The van der Waals surface area contributed by atoms with Crippen molar-refractivity contribution in [1.82, 2.24) is 5.32 Å². The zero-order chi connectivity index (χ0) is 12.0. The van der Waals surface area contributed by atoms with Crippen LogP contribution in [0.15, 0.2) is 0 Å². The molecule has 2 nitrogen and oxygen atoms in total. The van der Waals surface area contributed by atoms with Crippen LogP contribution in [0.25, 0.3) is 0 Å². The number of nitrogens with one attached hydrogen (secondary N) is 1. The molecule has 0 aromatic rings. The van der Waals surface area contributed by atoms with E-state index in [1.165, 1.54) is 25.7 Å². The highest BCUT2D eigenvalue weighted by molar-refractivity contribution is 4.75. The summed E-state index contributed by atoms with van der Waals surface area (Å²) in [6.45, 7) is 10.7. The van der Waals surface area contributed by atoms with Crippen molar-refractivity contribution in [2.24, 2.45) is 5.92 Å². The summed E-state index contributed by atoms with van der Waals surface area (Å²) in [5.74, 6) is 0.902. The molecule has 16 heavy (non-hydrogen) atoms. The van der Waals surface area contributed by atoms with Gasteiger partial charge < -0.3 is 10.1 Å². The van der Waals surface area contributed by atoms with Crippen molar-refractivity contribution in [3.63, 3.8) is 0 Å². The summed E-state index contributed by atoms with van der Waals surface area (Å²) in [5, 5.41) is 3.62. The monoisotopic (exact) mass is 227 g/mol. The normalized spacial score (nSPS) is 27.0. The predicted molar refractivity (Wildman–Crippen MR) is 69.7 cm³/mol. The first-order chi connectivity index (χ1) is 7.53. The van der Waals surface area contributed by atoms with Gasteiger partial charge >= 0.3 is 0 Å². The zero-order valence-corrected chi connectivity index (χ0v) is 11.5. The van der Waals surface area contributed by atoms with E-state index in [0.717, 1.165) is 31.5 Å². The molecule has 1 fully saturated rings. The van der Waals surface area contributed by atoms with E-state index in [9.17, 15) is 0 Å². The lowest BCUT2D eigenvalue weighted by Gasteiger charge is -2.29. The van der Waals surface area contributed by atoms with Crippen molar-refractivity contribution in [2.45, 2.75) is 71.4 Å². The number of hydrogen-bond acceptors (Lipinski definition) is 2. The molecule has 0 aromatic carbocycles. The van der Waals surface area contributed by atoms with E-state index < -0.39 is 0 Å². The molecule has 2 atom stereocenters. The van der Waals surface area contributed by atoms with E-state index in [1.54, 1.807) is 0 Å². The fourth-order valence-corrected chi connectivity index (χ4v) is 2.31. The van der Waals surface area contributed by atoms with E-state index in [-0.39, 0.29) is 5.60 Å². The fraction of sp³-hybridized carbons (Fsp3) is 1.00. The van der Waals surface area contributed by atoms with Gasteiger partial charge in [0.25, 0.3) is 0 Å². The van der Waals surface area contributed by atoms with Crippen LogP contribution < -0.4 is 5.32 Å². The van der Waals surface area contributed by atoms with Crippen molar-refractivity contribution < 1.29 is 4.74 Å². The van der Waals surface area contributed by atoms with Crippen molar-refractivity contribution in [2.75, 3.05) is 13.2 Å². The first-order valence-corrected chi connectivity index (χ1v) is 6.91. The van der Waals surface area contributed by atoms with Gasteiger partial charge in [0.15, 0.2) is 0 Å². The highest BCUT2D eigenvalue weighted by Gasteiger charge is 2.19. The van der Waals surface area contributed by atoms with Gasteiger partial charge in [0.1, 0.15) is 0 Å². The molecule has 1 rings (SSSR count). The molecule has 0 aliphatic heterocycles. The van der Waals surface area contributed by atoms with Gasteiger partial charge in [0.2, 0.25) is 0 Å². The van der Waals surface area contributed by atoms with Crippen molar-refractivity contribution in [3.8, 4) is 0 Å². The van der Waals surface area contributed by atoms with Crippen molar-refractivity contribution >= 4 is 0 Å². The molecule has 2 unspecified atom stereocenters. The summed E-state index contributed by atoms with van der Waals surface area (Å²) in [4.78, 5) is 0. The molecule has 2 heteroatoms. The molecule has 0 amide bonds. The van der Waals surface area contributed by atoms with Gasteiger partial charge in [-0.15, -0.1) is 0 Å². The van der Waals surface area contributed by atoms with Gasteiger partial charge in [-0.2, -0.15) is 0 Å². The van der Waals surface area contributed by atoms with Gasteiger partial charge in [0.05, 0.1) is 12.2 Å². The molecule has 1 N–H and O–H groups in total. The third-order valence-electron chi connectivity index (χ3n) is 3.82. The Morgan fingerprint density at radius 1 is 1.31 bits per heavy atom. The maximum absolute atomic E-state index is 5.83. The Morgan fingerprint density at radius 3 is 2.69 bits per heavy atom. The van der Waals surface area contributed by atoms with Crippen LogP contribution in [0.1, 0.15) is 59.8 Å². The van der Waals surface area contributed by atoms with Crippen LogP contribution in [0.3, 0.4) is 0 Å². The summed E-state index contributed by atoms with van der Waals surface area (Å²) in [5.41, 5.74) is 0.0432. The fourth-order valence-electron chi connectivity index (χ4n) is 2.31. The lowest BCUT2D eigenvalue weighted by Crippen LogP contribution is -2.37. The minimum atomic E-state index is 0.0432. The molecule has 0 radical (unpaired) electrons. The summed E-state index contributed by atoms with van der Waals surface area (Å²) >= 11 is 0. The van der Waals surface area contributed by atoms with Crippen LogP contribution in [0.4, 0.5) is 0 Å². The number of hydrogen-bond donors (Lipinski definition) is 1. The maximum Gasteiger partial charge on any atom is 0.0624 e. The van der Waals surface area contributed by atoms with Gasteiger partial charge in [-0.05, 0) is 39.0 Å². The SMILES string of the molecule is CCC(C)(C)OCCNC1CCCC(C)C1. The second-order valence-electron chi connectivity index (χ2n) is 5.88. The molecule has 1 saturated carbocycles. The quantitative estimate of drug-likeness (QED) is 0.703. The Kier molecular flexibility index (Phi) is 5.77. The average molecular weight is 227 g/mol. The number of rotatable bonds is 6. The molecule has 0 spiro atoms. The van der Waals surface area contributed by atoms with E-state index in [2.05, 4.69) is 33.0 Å². The highest BCUT2D eigenvalue weighted by Crippen LogP contribution is 2.23. The molecule has 96 valence electrons. The van der Waals surface area contributed by atoms with Crippen LogP contribution in [-0.2, 0) is 4.74 Å². The lowest BCUT2D eigenvalue weighted by atomic mass is 9.87. The zero-order valence-electron chi connectivity index (χ0n) is 11.5. The molecular weight excluding hydrogens is 198 g/mol. The molecule has 1 aliphatic carbocycles. The summed E-state index contributed by atoms with van der Waals surface area (Å²) in [6.07, 6.45) is 6.57. The minimum Gasteiger partial charge on any atom is -0.374 e. The van der Waals surface area contributed by atoms with Crippen LogP contribution in [0.5, 0.6) is 0 Å². The maximum atomic E-state index is 5.83. The van der Waals surface area contributed by atoms with E-state index in [0.29, 0.717) is 0 Å². The standard InChI is InChI=1S/C14H29NO/c1-5-14(3,4)16-10-9-15-13-8-6-7-12(2)11-13/h12-13,15H,5-11H2,1-4H3. The molecule has 1 aliphatic rings. The Morgan fingerprint density at radius 2 is 2.06 bits per heavy atom. The lowest BCUT2D eigenvalue weighted by molar-refractivity contribution is -0.0191. The largest absolute Gasteiger partial charge is 0.374 e. The van der Waals surface area contributed by atoms with Crippen LogP contribution in [0.2, 0.25) is 0 Å². The Hall–Kier alpha value is -0.0800. The molecule has 0 saturated heterocycles. The van der Waals surface area contributed by atoms with Crippen molar-refractivity contribution in [1.29, 1.82) is 0 Å². The summed E-state index contributed by atoms with van der Waals surface area (Å²) in [6, 6.07) is 0.733. The van der Waals surface area contributed by atoms with Crippen LogP contribution in [0, 0.1) is 5.92 Å². The highest BCUT2D eigenvalue weighted by atomic mass is 16.5. The van der Waals surface area contributed by atoms with Crippen molar-refractivity contribution in [3.05, 3.63) is 0 Å². The Bertz CT molecular complexity index is 191. The summed E-state index contributed by atoms with van der Waals surface area (Å²) in [7, 11) is 0. The molecular formula is C14H29NO. The average Bonchev–Trinajstić information content (AvgIpc) is 2.25. The summed E-state index contributed by atoms with van der Waals surface area (Å²) < 4.78 is 5.83. The van der Waals surface area contributed by atoms with Gasteiger partial charge in [-0.1, -0.05) is 26.7 Å². The third-order valence-corrected chi connectivity index (χ3v) is 3.82. The predicted octanol–water partition coefficient (Wildman–Crippen LogP) is 3.36. The smallest absolute Gasteiger partial charge is 0.0624 e. The third kappa shape index (κ3) is 5.31. The van der Waals surface area contributed by atoms with E-state index in [4.69, 9.17) is 4.74 Å². The molecule has 0 aromatic heterocycles. The first-order valence-electron chi connectivity index (χ1n) is 6.91. The van der Waals surface area contributed by atoms with E-state index >= 15 is 0 Å². The molecule has 0 heterocycles. The van der Waals surface area contributed by atoms with Gasteiger partial charge in [-0.3, -0.25) is 0 Å².